The fourth-order valence-electron chi connectivity index (χ4n) is 3.18. The minimum atomic E-state index is 0.536. The zero-order chi connectivity index (χ0) is 13.0. The molecule has 1 fully saturated rings. The van der Waals surface area contributed by atoms with Crippen LogP contribution in [0.15, 0.2) is 30.3 Å². The lowest BCUT2D eigenvalue weighted by Gasteiger charge is -2.27. The molecule has 0 bridgehead atoms. The van der Waals surface area contributed by atoms with Crippen LogP contribution in [0.4, 0.5) is 0 Å². The normalized spacial score (nSPS) is 29.4. The fraction of sp³-hybridized carbons (Fsp3) is 0.647. The van der Waals surface area contributed by atoms with Crippen molar-refractivity contribution in [3.05, 3.63) is 35.9 Å². The predicted molar refractivity (Wildman–Crippen MR) is 78.6 cm³/mol. The topological polar surface area (TPSA) is 12.0 Å². The van der Waals surface area contributed by atoms with E-state index in [0.717, 1.165) is 11.8 Å². The lowest BCUT2D eigenvalue weighted by molar-refractivity contribution is 0.330. The quantitative estimate of drug-likeness (QED) is 0.802. The van der Waals surface area contributed by atoms with E-state index in [0.29, 0.717) is 12.1 Å². The number of nitrogens with one attached hydrogen (secondary N) is 1. The summed E-state index contributed by atoms with van der Waals surface area (Å²) < 4.78 is 0. The number of hydrogen-bond donors (Lipinski definition) is 1. The maximum Gasteiger partial charge on any atom is 0.0322 e. The standard InChI is InChI=1S/C17H27N/c1-4-8-17(15-9-6-5-7-10-15)18-16-12-11-13(2)14(16)3/h5-7,9-10,13-14,16-18H,4,8,11-12H2,1-3H3. The molecule has 4 atom stereocenters. The molecule has 0 spiro atoms. The van der Waals surface area contributed by atoms with Gasteiger partial charge in [-0.2, -0.15) is 0 Å². The monoisotopic (exact) mass is 245 g/mol. The van der Waals surface area contributed by atoms with Crippen LogP contribution in [-0.2, 0) is 0 Å². The Morgan fingerprint density at radius 1 is 1.17 bits per heavy atom. The van der Waals surface area contributed by atoms with Crippen molar-refractivity contribution in [3.63, 3.8) is 0 Å². The molecule has 1 aromatic carbocycles. The first kappa shape index (κ1) is 13.6. The summed E-state index contributed by atoms with van der Waals surface area (Å²) in [7, 11) is 0. The Kier molecular flexibility index (Phi) is 4.82. The minimum Gasteiger partial charge on any atom is -0.307 e. The molecule has 0 aliphatic heterocycles. The molecule has 1 aliphatic rings. The fourth-order valence-corrected chi connectivity index (χ4v) is 3.18. The summed E-state index contributed by atoms with van der Waals surface area (Å²) in [6.45, 7) is 7.07. The van der Waals surface area contributed by atoms with E-state index in [2.05, 4.69) is 56.4 Å². The van der Waals surface area contributed by atoms with Gasteiger partial charge in [-0.05, 0) is 36.7 Å². The molecule has 4 unspecified atom stereocenters. The number of rotatable bonds is 5. The Hall–Kier alpha value is -0.820. The molecule has 18 heavy (non-hydrogen) atoms. The van der Waals surface area contributed by atoms with E-state index in [4.69, 9.17) is 0 Å². The van der Waals surface area contributed by atoms with Gasteiger partial charge in [-0.15, -0.1) is 0 Å². The van der Waals surface area contributed by atoms with Crippen LogP contribution < -0.4 is 5.32 Å². The van der Waals surface area contributed by atoms with Crippen LogP contribution in [0.5, 0.6) is 0 Å². The zero-order valence-electron chi connectivity index (χ0n) is 12.0. The average Bonchev–Trinajstić information content (AvgIpc) is 2.71. The smallest absolute Gasteiger partial charge is 0.0322 e. The summed E-state index contributed by atoms with van der Waals surface area (Å²) in [6, 6.07) is 12.2. The van der Waals surface area contributed by atoms with Crippen molar-refractivity contribution in [1.82, 2.24) is 5.32 Å². The van der Waals surface area contributed by atoms with Gasteiger partial charge in [0.25, 0.3) is 0 Å². The Morgan fingerprint density at radius 3 is 2.44 bits per heavy atom. The molecule has 1 N–H and O–H groups in total. The van der Waals surface area contributed by atoms with E-state index < -0.39 is 0 Å². The zero-order valence-corrected chi connectivity index (χ0v) is 12.0. The molecule has 1 heteroatoms. The first-order chi connectivity index (χ1) is 8.72. The van der Waals surface area contributed by atoms with Crippen molar-refractivity contribution in [2.24, 2.45) is 11.8 Å². The summed E-state index contributed by atoms with van der Waals surface area (Å²) in [5, 5.41) is 3.91. The largest absolute Gasteiger partial charge is 0.307 e. The van der Waals surface area contributed by atoms with Gasteiger partial charge in [-0.3, -0.25) is 0 Å². The Bertz CT molecular complexity index is 346. The van der Waals surface area contributed by atoms with E-state index in [1.165, 1.54) is 31.2 Å². The first-order valence-corrected chi connectivity index (χ1v) is 7.53. The molecular formula is C17H27N. The van der Waals surface area contributed by atoms with E-state index in [9.17, 15) is 0 Å². The molecule has 0 radical (unpaired) electrons. The Morgan fingerprint density at radius 2 is 1.89 bits per heavy atom. The van der Waals surface area contributed by atoms with Crippen LogP contribution in [0, 0.1) is 11.8 Å². The molecule has 0 saturated heterocycles. The Labute approximate surface area is 112 Å². The van der Waals surface area contributed by atoms with E-state index in [1.54, 1.807) is 0 Å². The molecule has 1 nitrogen and oxygen atoms in total. The summed E-state index contributed by atoms with van der Waals surface area (Å²) in [5.41, 5.74) is 1.45. The number of hydrogen-bond acceptors (Lipinski definition) is 1. The first-order valence-electron chi connectivity index (χ1n) is 7.53. The highest BCUT2D eigenvalue weighted by Gasteiger charge is 2.31. The van der Waals surface area contributed by atoms with E-state index in [1.807, 2.05) is 0 Å². The third-order valence-corrected chi connectivity index (χ3v) is 4.66. The molecule has 1 aliphatic carbocycles. The van der Waals surface area contributed by atoms with E-state index in [-0.39, 0.29) is 0 Å². The molecule has 0 aromatic heterocycles. The molecule has 100 valence electrons. The van der Waals surface area contributed by atoms with Crippen LogP contribution in [0.25, 0.3) is 0 Å². The maximum atomic E-state index is 3.91. The van der Waals surface area contributed by atoms with Gasteiger partial charge in [0.2, 0.25) is 0 Å². The second kappa shape index (κ2) is 6.38. The second-order valence-corrected chi connectivity index (χ2v) is 5.94. The van der Waals surface area contributed by atoms with Gasteiger partial charge in [-0.25, -0.2) is 0 Å². The molecule has 0 amide bonds. The summed E-state index contributed by atoms with van der Waals surface area (Å²) in [4.78, 5) is 0. The van der Waals surface area contributed by atoms with Gasteiger partial charge in [0.05, 0.1) is 0 Å². The van der Waals surface area contributed by atoms with Gasteiger partial charge in [-0.1, -0.05) is 57.5 Å². The van der Waals surface area contributed by atoms with Crippen LogP contribution in [0.1, 0.15) is 58.1 Å². The SMILES string of the molecule is CCCC(NC1CCC(C)C1C)c1ccccc1. The molecule has 2 rings (SSSR count). The van der Waals surface area contributed by atoms with Crippen molar-refractivity contribution >= 4 is 0 Å². The molecule has 0 heterocycles. The third-order valence-electron chi connectivity index (χ3n) is 4.66. The van der Waals surface area contributed by atoms with Crippen molar-refractivity contribution in [3.8, 4) is 0 Å². The second-order valence-electron chi connectivity index (χ2n) is 5.94. The molecule has 1 aromatic rings. The van der Waals surface area contributed by atoms with Crippen LogP contribution in [0.2, 0.25) is 0 Å². The van der Waals surface area contributed by atoms with Crippen molar-refractivity contribution in [1.29, 1.82) is 0 Å². The minimum absolute atomic E-state index is 0.536. The Balaban J connectivity index is 2.03. The van der Waals surface area contributed by atoms with Crippen LogP contribution in [-0.4, -0.2) is 6.04 Å². The van der Waals surface area contributed by atoms with Gasteiger partial charge >= 0.3 is 0 Å². The summed E-state index contributed by atoms with van der Waals surface area (Å²) in [6.07, 6.45) is 5.20. The maximum absolute atomic E-state index is 3.91. The lowest BCUT2D eigenvalue weighted by atomic mass is 9.95. The van der Waals surface area contributed by atoms with Crippen molar-refractivity contribution in [2.75, 3.05) is 0 Å². The van der Waals surface area contributed by atoms with Crippen LogP contribution >= 0.6 is 0 Å². The molecule has 1 saturated carbocycles. The van der Waals surface area contributed by atoms with Crippen molar-refractivity contribution < 1.29 is 0 Å². The third kappa shape index (κ3) is 3.14. The van der Waals surface area contributed by atoms with Crippen LogP contribution in [0.3, 0.4) is 0 Å². The highest BCUT2D eigenvalue weighted by Crippen LogP contribution is 2.33. The highest BCUT2D eigenvalue weighted by atomic mass is 15.0. The van der Waals surface area contributed by atoms with Gasteiger partial charge in [0, 0.05) is 12.1 Å². The van der Waals surface area contributed by atoms with Gasteiger partial charge in [0.1, 0.15) is 0 Å². The van der Waals surface area contributed by atoms with Gasteiger partial charge in [0.15, 0.2) is 0 Å². The van der Waals surface area contributed by atoms with Gasteiger partial charge < -0.3 is 5.32 Å². The summed E-state index contributed by atoms with van der Waals surface area (Å²) >= 11 is 0. The predicted octanol–water partition coefficient (Wildman–Crippen LogP) is 4.55. The lowest BCUT2D eigenvalue weighted by Crippen LogP contribution is -2.35. The highest BCUT2D eigenvalue weighted by molar-refractivity contribution is 5.19. The van der Waals surface area contributed by atoms with E-state index >= 15 is 0 Å². The molecular weight excluding hydrogens is 218 g/mol. The summed E-state index contributed by atoms with van der Waals surface area (Å²) in [5.74, 6) is 1.69. The average molecular weight is 245 g/mol. The van der Waals surface area contributed by atoms with Crippen molar-refractivity contribution in [2.45, 2.75) is 58.5 Å². The number of benzene rings is 1.